The van der Waals surface area contributed by atoms with Crippen molar-refractivity contribution in [3.8, 4) is 0 Å². The van der Waals surface area contributed by atoms with Crippen molar-refractivity contribution in [2.24, 2.45) is 0 Å². The molecule has 4 heteroatoms. The molecule has 2 rings (SSSR count). The normalized spacial score (nSPS) is 10.3. The van der Waals surface area contributed by atoms with Crippen molar-refractivity contribution < 1.29 is 4.79 Å². The van der Waals surface area contributed by atoms with Crippen molar-refractivity contribution in [1.82, 2.24) is 5.32 Å². The maximum Gasteiger partial charge on any atom is 0.253 e. The fraction of sp³-hybridized carbons (Fsp3) is 0.188. The molecular weight excluding hydrogens is 272 g/mol. The Kier molecular flexibility index (Phi) is 4.64. The Morgan fingerprint density at radius 2 is 1.90 bits per heavy atom. The van der Waals surface area contributed by atoms with E-state index in [9.17, 15) is 4.79 Å². The van der Waals surface area contributed by atoms with Crippen LogP contribution in [0.15, 0.2) is 42.5 Å². The highest BCUT2D eigenvalue weighted by atomic mass is 35.5. The predicted octanol–water partition coefficient (Wildman–Crippen LogP) is 3.41. The largest absolute Gasteiger partial charge is 0.399 e. The van der Waals surface area contributed by atoms with Gasteiger partial charge in [0, 0.05) is 12.2 Å². The van der Waals surface area contributed by atoms with Crippen molar-refractivity contribution in [1.29, 1.82) is 0 Å². The first kappa shape index (κ1) is 14.4. The number of carbonyl (C=O) groups excluding carboxylic acids is 1. The lowest BCUT2D eigenvalue weighted by Crippen LogP contribution is -2.23. The minimum Gasteiger partial charge on any atom is -0.399 e. The van der Waals surface area contributed by atoms with Gasteiger partial charge in [-0.2, -0.15) is 0 Å². The first-order chi connectivity index (χ1) is 9.61. The van der Waals surface area contributed by atoms with Gasteiger partial charge < -0.3 is 11.1 Å². The average molecular weight is 289 g/mol. The SMILES string of the molecule is CCc1ccccc1CNC(=O)c1cc(N)ccc1Cl. The number of carbonyl (C=O) groups is 1. The third-order valence-corrected chi connectivity index (χ3v) is 3.50. The number of hydrogen-bond donors (Lipinski definition) is 2. The van der Waals surface area contributed by atoms with E-state index in [0.29, 0.717) is 22.8 Å². The lowest BCUT2D eigenvalue weighted by molar-refractivity contribution is 0.0951. The quantitative estimate of drug-likeness (QED) is 0.847. The third kappa shape index (κ3) is 3.31. The Morgan fingerprint density at radius 1 is 1.20 bits per heavy atom. The highest BCUT2D eigenvalue weighted by Crippen LogP contribution is 2.19. The van der Waals surface area contributed by atoms with Crippen LogP contribution in [-0.2, 0) is 13.0 Å². The van der Waals surface area contributed by atoms with E-state index in [1.54, 1.807) is 18.2 Å². The molecular formula is C16H17ClN2O. The Bertz CT molecular complexity index is 626. The zero-order valence-electron chi connectivity index (χ0n) is 11.3. The van der Waals surface area contributed by atoms with Crippen LogP contribution in [0.5, 0.6) is 0 Å². The number of nitrogen functional groups attached to an aromatic ring is 1. The molecule has 3 nitrogen and oxygen atoms in total. The van der Waals surface area contributed by atoms with E-state index in [2.05, 4.69) is 18.3 Å². The maximum absolute atomic E-state index is 12.1. The number of rotatable bonds is 4. The second-order valence-corrected chi connectivity index (χ2v) is 4.95. The van der Waals surface area contributed by atoms with E-state index in [0.717, 1.165) is 12.0 Å². The van der Waals surface area contributed by atoms with E-state index in [1.165, 1.54) is 5.56 Å². The second-order valence-electron chi connectivity index (χ2n) is 4.54. The summed E-state index contributed by atoms with van der Waals surface area (Å²) >= 11 is 6.01. The van der Waals surface area contributed by atoms with Gasteiger partial charge in [0.2, 0.25) is 0 Å². The molecule has 2 aromatic rings. The van der Waals surface area contributed by atoms with Gasteiger partial charge >= 0.3 is 0 Å². The van der Waals surface area contributed by atoms with Crippen LogP contribution in [0.3, 0.4) is 0 Å². The van der Waals surface area contributed by atoms with Gasteiger partial charge in [-0.25, -0.2) is 0 Å². The topological polar surface area (TPSA) is 55.1 Å². The number of halogens is 1. The maximum atomic E-state index is 12.1. The molecule has 0 saturated heterocycles. The molecule has 0 unspecified atom stereocenters. The van der Waals surface area contributed by atoms with Gasteiger partial charge in [0.05, 0.1) is 10.6 Å². The number of hydrogen-bond acceptors (Lipinski definition) is 2. The van der Waals surface area contributed by atoms with Gasteiger partial charge in [-0.15, -0.1) is 0 Å². The minimum absolute atomic E-state index is 0.215. The zero-order valence-corrected chi connectivity index (χ0v) is 12.1. The Hall–Kier alpha value is -2.00. The van der Waals surface area contributed by atoms with Crippen molar-refractivity contribution >= 4 is 23.2 Å². The van der Waals surface area contributed by atoms with Crippen LogP contribution in [0.1, 0.15) is 28.4 Å². The van der Waals surface area contributed by atoms with Gasteiger partial charge in [0.15, 0.2) is 0 Å². The molecule has 0 aliphatic heterocycles. The molecule has 0 spiro atoms. The number of amides is 1. The number of nitrogens with two attached hydrogens (primary N) is 1. The molecule has 0 saturated carbocycles. The van der Waals surface area contributed by atoms with Crippen LogP contribution in [0, 0.1) is 0 Å². The van der Waals surface area contributed by atoms with Crippen LogP contribution < -0.4 is 11.1 Å². The monoisotopic (exact) mass is 288 g/mol. The van der Waals surface area contributed by atoms with E-state index in [1.807, 2.05) is 18.2 Å². The number of benzene rings is 2. The van der Waals surface area contributed by atoms with Gasteiger partial charge in [0.1, 0.15) is 0 Å². The summed E-state index contributed by atoms with van der Waals surface area (Å²) in [6, 6.07) is 12.9. The molecule has 104 valence electrons. The first-order valence-electron chi connectivity index (χ1n) is 6.51. The van der Waals surface area contributed by atoms with Crippen molar-refractivity contribution in [3.63, 3.8) is 0 Å². The standard InChI is InChI=1S/C16H17ClN2O/c1-2-11-5-3-4-6-12(11)10-19-16(20)14-9-13(18)7-8-15(14)17/h3-9H,2,10,18H2,1H3,(H,19,20). The summed E-state index contributed by atoms with van der Waals surface area (Å²) in [5.41, 5.74) is 8.95. The molecule has 0 bridgehead atoms. The summed E-state index contributed by atoms with van der Waals surface area (Å²) in [7, 11) is 0. The van der Waals surface area contributed by atoms with Crippen LogP contribution in [-0.4, -0.2) is 5.91 Å². The molecule has 0 heterocycles. The molecule has 0 radical (unpaired) electrons. The summed E-state index contributed by atoms with van der Waals surface area (Å²) in [4.78, 5) is 12.1. The molecule has 3 N–H and O–H groups in total. The van der Waals surface area contributed by atoms with Gasteiger partial charge in [-0.3, -0.25) is 4.79 Å². The summed E-state index contributed by atoms with van der Waals surface area (Å²) in [5, 5.41) is 3.28. The highest BCUT2D eigenvalue weighted by molar-refractivity contribution is 6.34. The number of aryl methyl sites for hydroxylation is 1. The smallest absolute Gasteiger partial charge is 0.253 e. The molecule has 20 heavy (non-hydrogen) atoms. The van der Waals surface area contributed by atoms with Crippen LogP contribution in [0.2, 0.25) is 5.02 Å². The Labute approximate surface area is 123 Å². The molecule has 0 aromatic heterocycles. The predicted molar refractivity (Wildman–Crippen MR) is 82.9 cm³/mol. The summed E-state index contributed by atoms with van der Waals surface area (Å²) in [5.74, 6) is -0.215. The summed E-state index contributed by atoms with van der Waals surface area (Å²) in [6.45, 7) is 2.57. The molecule has 1 amide bonds. The van der Waals surface area contributed by atoms with Crippen molar-refractivity contribution in [2.45, 2.75) is 19.9 Å². The number of anilines is 1. The minimum atomic E-state index is -0.215. The summed E-state index contributed by atoms with van der Waals surface area (Å²) in [6.07, 6.45) is 0.936. The van der Waals surface area contributed by atoms with Crippen LogP contribution in [0.4, 0.5) is 5.69 Å². The van der Waals surface area contributed by atoms with Gasteiger partial charge in [0.25, 0.3) is 5.91 Å². The van der Waals surface area contributed by atoms with E-state index < -0.39 is 0 Å². The van der Waals surface area contributed by atoms with Crippen LogP contribution >= 0.6 is 11.6 Å². The fourth-order valence-corrected chi connectivity index (χ4v) is 2.27. The van der Waals surface area contributed by atoms with Crippen LogP contribution in [0.25, 0.3) is 0 Å². The lowest BCUT2D eigenvalue weighted by atomic mass is 10.1. The van der Waals surface area contributed by atoms with E-state index in [-0.39, 0.29) is 5.91 Å². The molecule has 0 fully saturated rings. The Balaban J connectivity index is 2.11. The van der Waals surface area contributed by atoms with Gasteiger partial charge in [-0.05, 0) is 35.7 Å². The summed E-state index contributed by atoms with van der Waals surface area (Å²) < 4.78 is 0. The van der Waals surface area contributed by atoms with Crippen molar-refractivity contribution in [3.05, 3.63) is 64.2 Å². The van der Waals surface area contributed by atoms with E-state index >= 15 is 0 Å². The fourth-order valence-electron chi connectivity index (χ4n) is 2.06. The lowest BCUT2D eigenvalue weighted by Gasteiger charge is -2.10. The highest BCUT2D eigenvalue weighted by Gasteiger charge is 2.11. The molecule has 0 aliphatic rings. The first-order valence-corrected chi connectivity index (χ1v) is 6.89. The Morgan fingerprint density at radius 3 is 2.60 bits per heavy atom. The number of nitrogens with one attached hydrogen (secondary N) is 1. The van der Waals surface area contributed by atoms with Gasteiger partial charge in [-0.1, -0.05) is 42.8 Å². The van der Waals surface area contributed by atoms with Crippen molar-refractivity contribution in [2.75, 3.05) is 5.73 Å². The second kappa shape index (κ2) is 6.44. The third-order valence-electron chi connectivity index (χ3n) is 3.17. The van der Waals surface area contributed by atoms with E-state index in [4.69, 9.17) is 17.3 Å². The molecule has 2 aromatic carbocycles. The molecule has 0 atom stereocenters. The zero-order chi connectivity index (χ0) is 14.5. The molecule has 0 aliphatic carbocycles. The average Bonchev–Trinajstić information content (AvgIpc) is 2.47.